The molecule has 0 aromatic carbocycles. The molecule has 0 aliphatic carbocycles. The maximum atomic E-state index is 12.6. The van der Waals surface area contributed by atoms with Gasteiger partial charge < -0.3 is 14.7 Å². The van der Waals surface area contributed by atoms with Crippen molar-refractivity contribution in [3.63, 3.8) is 0 Å². The Hall–Kier alpha value is -2.54. The van der Waals surface area contributed by atoms with Crippen molar-refractivity contribution >= 4 is 34.7 Å². The number of nitrogens with one attached hydrogen (secondary N) is 1. The van der Waals surface area contributed by atoms with E-state index >= 15 is 0 Å². The molecule has 0 unspecified atom stereocenters. The zero-order valence-electron chi connectivity index (χ0n) is 15.5. The molecular formula is C20H22N4O2S. The van der Waals surface area contributed by atoms with Crippen LogP contribution in [0.1, 0.15) is 41.9 Å². The van der Waals surface area contributed by atoms with E-state index in [2.05, 4.69) is 9.97 Å². The first-order valence-corrected chi connectivity index (χ1v) is 9.97. The summed E-state index contributed by atoms with van der Waals surface area (Å²) in [6, 6.07) is 3.81. The quantitative estimate of drug-likeness (QED) is 0.683. The van der Waals surface area contributed by atoms with E-state index in [0.29, 0.717) is 12.1 Å². The maximum Gasteiger partial charge on any atom is 0.263 e. The summed E-state index contributed by atoms with van der Waals surface area (Å²) < 4.78 is 0. The highest BCUT2D eigenvalue weighted by Crippen LogP contribution is 2.30. The molecule has 1 amide bonds. The molecule has 1 N–H and O–H groups in total. The van der Waals surface area contributed by atoms with Gasteiger partial charge in [0, 0.05) is 24.7 Å². The molecule has 4 rings (SSSR count). The van der Waals surface area contributed by atoms with Crippen LogP contribution in [0, 0.1) is 5.41 Å². The Morgan fingerprint density at radius 1 is 1.33 bits per heavy atom. The van der Waals surface area contributed by atoms with Crippen LogP contribution in [0.5, 0.6) is 0 Å². The molecule has 0 spiro atoms. The Morgan fingerprint density at radius 2 is 2.11 bits per heavy atom. The number of rotatable bonds is 5. The van der Waals surface area contributed by atoms with E-state index in [9.17, 15) is 9.59 Å². The number of thiophene rings is 1. The first-order valence-electron chi connectivity index (χ1n) is 9.16. The number of fused-ring (bicyclic) bond motifs is 1. The highest BCUT2D eigenvalue weighted by molar-refractivity contribution is 7.17. The molecule has 140 valence electrons. The number of amides is 1. The molecule has 0 radical (unpaired) electrons. The monoisotopic (exact) mass is 382 g/mol. The highest BCUT2D eigenvalue weighted by atomic mass is 32.1. The molecular weight excluding hydrogens is 360 g/mol. The van der Waals surface area contributed by atoms with Crippen LogP contribution >= 0.6 is 11.3 Å². The standard InChI is InChI=1S/C20H22N4O2S/c1-20(2,12-25)9-13-10-21-18-17(13)23-14(11-22-18)15-5-6-16(27-15)19(26)24-7-3-4-8-24/h5-6,10-12H,3-4,7-9H2,1-2H3,(H,21,22). The number of aromatic amines is 1. The summed E-state index contributed by atoms with van der Waals surface area (Å²) in [5, 5.41) is 0. The second-order valence-corrected chi connectivity index (χ2v) is 8.80. The number of aromatic nitrogens is 3. The van der Waals surface area contributed by atoms with Crippen LogP contribution in [-0.2, 0) is 11.2 Å². The van der Waals surface area contributed by atoms with E-state index in [1.807, 2.05) is 37.1 Å². The Bertz CT molecular complexity index is 999. The fourth-order valence-corrected chi connectivity index (χ4v) is 4.32. The normalized spacial score (nSPS) is 14.8. The Morgan fingerprint density at radius 3 is 2.85 bits per heavy atom. The average Bonchev–Trinajstić information content (AvgIpc) is 3.42. The summed E-state index contributed by atoms with van der Waals surface area (Å²) >= 11 is 1.46. The molecule has 1 aliphatic rings. The predicted octanol–water partition coefficient (Wildman–Crippen LogP) is 3.69. The zero-order chi connectivity index (χ0) is 19.0. The van der Waals surface area contributed by atoms with Gasteiger partial charge in [-0.05, 0) is 37.0 Å². The molecule has 1 aliphatic heterocycles. The van der Waals surface area contributed by atoms with Crippen molar-refractivity contribution < 1.29 is 9.59 Å². The molecule has 7 heteroatoms. The molecule has 6 nitrogen and oxygen atoms in total. The fraction of sp³-hybridized carbons (Fsp3) is 0.400. The topological polar surface area (TPSA) is 79.0 Å². The summed E-state index contributed by atoms with van der Waals surface area (Å²) in [5.74, 6) is 0.104. The number of H-pyrrole nitrogens is 1. The van der Waals surface area contributed by atoms with Gasteiger partial charge >= 0.3 is 0 Å². The van der Waals surface area contributed by atoms with Crippen molar-refractivity contribution in [2.24, 2.45) is 5.41 Å². The van der Waals surface area contributed by atoms with E-state index in [-0.39, 0.29) is 5.91 Å². The van der Waals surface area contributed by atoms with Gasteiger partial charge in [-0.1, -0.05) is 13.8 Å². The van der Waals surface area contributed by atoms with Gasteiger partial charge in [0.25, 0.3) is 5.91 Å². The van der Waals surface area contributed by atoms with Gasteiger partial charge in [-0.25, -0.2) is 9.97 Å². The first-order chi connectivity index (χ1) is 13.0. The smallest absolute Gasteiger partial charge is 0.263 e. The minimum atomic E-state index is -0.453. The van der Waals surface area contributed by atoms with E-state index in [4.69, 9.17) is 4.98 Å². The van der Waals surface area contributed by atoms with Crippen molar-refractivity contribution in [1.82, 2.24) is 19.9 Å². The van der Waals surface area contributed by atoms with Crippen molar-refractivity contribution in [2.45, 2.75) is 33.1 Å². The number of carbonyl (C=O) groups excluding carboxylic acids is 2. The van der Waals surface area contributed by atoms with Crippen LogP contribution in [0.15, 0.2) is 24.5 Å². The lowest BCUT2D eigenvalue weighted by Crippen LogP contribution is -2.26. The number of likely N-dealkylation sites (tertiary alicyclic amines) is 1. The van der Waals surface area contributed by atoms with Crippen LogP contribution < -0.4 is 0 Å². The van der Waals surface area contributed by atoms with Crippen molar-refractivity contribution in [2.75, 3.05) is 13.1 Å². The van der Waals surface area contributed by atoms with Crippen molar-refractivity contribution in [3.05, 3.63) is 35.0 Å². The van der Waals surface area contributed by atoms with Gasteiger partial charge in [0.05, 0.1) is 21.6 Å². The van der Waals surface area contributed by atoms with Crippen molar-refractivity contribution in [3.8, 4) is 10.6 Å². The minimum absolute atomic E-state index is 0.104. The fourth-order valence-electron chi connectivity index (χ4n) is 3.39. The molecule has 0 saturated carbocycles. The third-order valence-corrected chi connectivity index (χ3v) is 5.98. The van der Waals surface area contributed by atoms with Crippen LogP contribution in [0.4, 0.5) is 0 Å². The van der Waals surface area contributed by atoms with Gasteiger partial charge in [0.15, 0.2) is 5.65 Å². The van der Waals surface area contributed by atoms with Gasteiger partial charge in [-0.2, -0.15) is 0 Å². The predicted molar refractivity (Wildman–Crippen MR) is 106 cm³/mol. The SMILES string of the molecule is CC(C)(C=O)Cc1c[nH]c2ncc(-c3ccc(C(=O)N4CCCC4)s3)nc12. The molecule has 1 saturated heterocycles. The van der Waals surface area contributed by atoms with E-state index in [1.54, 1.807) is 6.20 Å². The summed E-state index contributed by atoms with van der Waals surface area (Å²) in [5.41, 5.74) is 2.76. The number of carbonyl (C=O) groups is 2. The van der Waals surface area contributed by atoms with Gasteiger partial charge in [-0.3, -0.25) is 4.79 Å². The van der Waals surface area contributed by atoms with E-state index in [0.717, 1.165) is 58.7 Å². The lowest BCUT2D eigenvalue weighted by molar-refractivity contribution is -0.114. The molecule has 4 heterocycles. The second kappa shape index (κ2) is 6.88. The highest BCUT2D eigenvalue weighted by Gasteiger charge is 2.23. The van der Waals surface area contributed by atoms with Crippen LogP contribution in [0.3, 0.4) is 0 Å². The molecule has 0 bridgehead atoms. The molecule has 3 aromatic heterocycles. The zero-order valence-corrected chi connectivity index (χ0v) is 16.3. The summed E-state index contributed by atoms with van der Waals surface area (Å²) in [7, 11) is 0. The molecule has 0 atom stereocenters. The van der Waals surface area contributed by atoms with Gasteiger partial charge in [-0.15, -0.1) is 11.3 Å². The summed E-state index contributed by atoms with van der Waals surface area (Å²) in [6.07, 6.45) is 7.33. The maximum absolute atomic E-state index is 12.6. The van der Waals surface area contributed by atoms with Crippen LogP contribution in [0.25, 0.3) is 21.7 Å². The summed E-state index contributed by atoms with van der Waals surface area (Å²) in [6.45, 7) is 5.51. The molecule has 1 fully saturated rings. The van der Waals surface area contributed by atoms with Crippen LogP contribution in [-0.4, -0.2) is 45.1 Å². The molecule has 3 aromatic rings. The van der Waals surface area contributed by atoms with Gasteiger partial charge in [0.2, 0.25) is 0 Å². The van der Waals surface area contributed by atoms with Gasteiger partial charge in [0.1, 0.15) is 11.8 Å². The lowest BCUT2D eigenvalue weighted by Gasteiger charge is -2.15. The molecule has 27 heavy (non-hydrogen) atoms. The second-order valence-electron chi connectivity index (χ2n) is 7.71. The Balaban J connectivity index is 1.64. The Kier molecular flexibility index (Phi) is 4.55. The van der Waals surface area contributed by atoms with E-state index < -0.39 is 5.41 Å². The number of nitrogens with zero attached hydrogens (tertiary/aromatic N) is 3. The number of aldehydes is 1. The minimum Gasteiger partial charge on any atom is -0.345 e. The summed E-state index contributed by atoms with van der Waals surface area (Å²) in [4.78, 5) is 39.8. The van der Waals surface area contributed by atoms with E-state index in [1.165, 1.54) is 11.3 Å². The van der Waals surface area contributed by atoms with Crippen LogP contribution in [0.2, 0.25) is 0 Å². The third kappa shape index (κ3) is 3.51. The number of hydrogen-bond donors (Lipinski definition) is 1. The lowest BCUT2D eigenvalue weighted by atomic mass is 9.88. The Labute approximate surface area is 161 Å². The first kappa shape index (κ1) is 17.9. The largest absolute Gasteiger partial charge is 0.345 e. The average molecular weight is 382 g/mol. The third-order valence-electron chi connectivity index (χ3n) is 4.89. The number of hydrogen-bond acceptors (Lipinski definition) is 5. The van der Waals surface area contributed by atoms with Crippen molar-refractivity contribution in [1.29, 1.82) is 0 Å².